The lowest BCUT2D eigenvalue weighted by Gasteiger charge is -2.40. The van der Waals surface area contributed by atoms with Crippen LogP contribution in [0.3, 0.4) is 0 Å². The molecule has 5 nitrogen and oxygen atoms in total. The van der Waals surface area contributed by atoms with E-state index in [2.05, 4.69) is 0 Å². The summed E-state index contributed by atoms with van der Waals surface area (Å²) in [4.78, 5) is 11.8. The van der Waals surface area contributed by atoms with Crippen molar-refractivity contribution in [3.8, 4) is 0 Å². The van der Waals surface area contributed by atoms with E-state index in [9.17, 15) is 14.9 Å². The molecule has 1 heterocycles. The number of carboxylic acid groups (broad SMARTS) is 1. The summed E-state index contributed by atoms with van der Waals surface area (Å²) in [6.07, 6.45) is 0.521. The molecule has 17 heavy (non-hydrogen) atoms. The van der Waals surface area contributed by atoms with Crippen molar-refractivity contribution in [1.29, 1.82) is 0 Å². The summed E-state index contributed by atoms with van der Waals surface area (Å²) in [7, 11) is -1.28. The highest BCUT2D eigenvalue weighted by Gasteiger charge is 2.80. The zero-order valence-electron chi connectivity index (χ0n) is 10.3. The summed E-state index contributed by atoms with van der Waals surface area (Å²) >= 11 is 0. The van der Waals surface area contributed by atoms with Crippen LogP contribution < -0.4 is 0 Å². The Bertz CT molecular complexity index is 397. The number of carbonyl (C=O) groups is 1. The lowest BCUT2D eigenvalue weighted by Crippen LogP contribution is -2.48. The molecule has 0 aromatic rings. The molecule has 0 aromatic carbocycles. The normalized spacial score (nSPS) is 50.7. The van der Waals surface area contributed by atoms with E-state index in [1.807, 2.05) is 20.8 Å². The molecule has 3 aliphatic rings. The third-order valence-electron chi connectivity index (χ3n) is 5.88. The van der Waals surface area contributed by atoms with E-state index < -0.39 is 30.2 Å². The van der Waals surface area contributed by atoms with Gasteiger partial charge in [-0.1, -0.05) is 20.8 Å². The van der Waals surface area contributed by atoms with Crippen molar-refractivity contribution in [3.05, 3.63) is 0 Å². The number of fused-ring (bicyclic) bond motifs is 5. The van der Waals surface area contributed by atoms with Crippen molar-refractivity contribution in [2.24, 2.45) is 16.2 Å². The molecule has 3 fully saturated rings. The molecule has 4 atom stereocenters. The first kappa shape index (κ1) is 11.5. The maximum absolute atomic E-state index is 11.8. The summed E-state index contributed by atoms with van der Waals surface area (Å²) in [5.74, 6) is -0.837. The maximum Gasteiger partial charge on any atom is 0.637 e. The Morgan fingerprint density at radius 3 is 2.41 bits per heavy atom. The van der Waals surface area contributed by atoms with E-state index >= 15 is 0 Å². The van der Waals surface area contributed by atoms with E-state index in [1.54, 1.807) is 0 Å². The van der Waals surface area contributed by atoms with Crippen molar-refractivity contribution in [3.63, 3.8) is 0 Å². The molecule has 4 unspecified atom stereocenters. The van der Waals surface area contributed by atoms with Gasteiger partial charge in [0.15, 0.2) is 0 Å². The zero-order valence-corrected chi connectivity index (χ0v) is 10.3. The van der Waals surface area contributed by atoms with Crippen LogP contribution in [0, 0.1) is 16.2 Å². The summed E-state index contributed by atoms with van der Waals surface area (Å²) in [6, 6.07) is 0. The Morgan fingerprint density at radius 1 is 1.24 bits per heavy atom. The third kappa shape index (κ3) is 0.937. The van der Waals surface area contributed by atoms with Gasteiger partial charge in [0, 0.05) is 5.41 Å². The van der Waals surface area contributed by atoms with Gasteiger partial charge in [-0.2, -0.15) is 0 Å². The number of carboxylic acids is 1. The average molecular weight is 240 g/mol. The van der Waals surface area contributed by atoms with Gasteiger partial charge in [-0.3, -0.25) is 4.79 Å². The van der Waals surface area contributed by atoms with Gasteiger partial charge in [-0.05, 0) is 18.3 Å². The first-order chi connectivity index (χ1) is 7.77. The van der Waals surface area contributed by atoms with Crippen LogP contribution in [0.4, 0.5) is 0 Å². The van der Waals surface area contributed by atoms with Crippen molar-refractivity contribution >= 4 is 13.3 Å². The Labute approximate surface area is 100 Å². The molecular weight excluding hydrogens is 223 g/mol. The van der Waals surface area contributed by atoms with Gasteiger partial charge in [-0.25, -0.2) is 0 Å². The van der Waals surface area contributed by atoms with Crippen molar-refractivity contribution in [1.82, 2.24) is 0 Å². The molecule has 2 N–H and O–H groups in total. The zero-order chi connectivity index (χ0) is 12.6. The second-order valence-corrected chi connectivity index (χ2v) is 6.24. The van der Waals surface area contributed by atoms with E-state index in [4.69, 9.17) is 9.31 Å². The Balaban J connectivity index is 2.17. The molecule has 0 radical (unpaired) electrons. The molecule has 0 aromatic heterocycles. The fraction of sp³-hybridized carbons (Fsp3) is 0.909. The minimum atomic E-state index is -1.28. The molecule has 1 aliphatic heterocycles. The maximum atomic E-state index is 11.8. The SMILES string of the molecule is CC12CCC(C(=O)O)(C3OB(O)OC31)C2(C)C. The predicted molar refractivity (Wildman–Crippen MR) is 58.9 cm³/mol. The van der Waals surface area contributed by atoms with Gasteiger partial charge < -0.3 is 19.4 Å². The van der Waals surface area contributed by atoms with E-state index in [1.165, 1.54) is 0 Å². The highest BCUT2D eigenvalue weighted by atomic mass is 16.7. The molecule has 3 rings (SSSR count). The summed E-state index contributed by atoms with van der Waals surface area (Å²) in [5, 5.41) is 19.1. The van der Waals surface area contributed by atoms with Crippen LogP contribution in [-0.2, 0) is 14.1 Å². The quantitative estimate of drug-likeness (QED) is 0.658. The number of hydrogen-bond donors (Lipinski definition) is 2. The van der Waals surface area contributed by atoms with Crippen LogP contribution in [0.5, 0.6) is 0 Å². The van der Waals surface area contributed by atoms with Crippen LogP contribution in [0.25, 0.3) is 0 Å². The van der Waals surface area contributed by atoms with Gasteiger partial charge >= 0.3 is 13.3 Å². The van der Waals surface area contributed by atoms with E-state index in [-0.39, 0.29) is 11.5 Å². The molecule has 2 aliphatic carbocycles. The molecule has 94 valence electrons. The summed E-state index contributed by atoms with van der Waals surface area (Å²) < 4.78 is 10.7. The van der Waals surface area contributed by atoms with Crippen LogP contribution in [0.15, 0.2) is 0 Å². The minimum Gasteiger partial charge on any atom is -0.481 e. The fourth-order valence-electron chi connectivity index (χ4n) is 4.37. The monoisotopic (exact) mass is 240 g/mol. The highest BCUT2D eigenvalue weighted by Crippen LogP contribution is 2.74. The first-order valence-corrected chi connectivity index (χ1v) is 6.00. The van der Waals surface area contributed by atoms with Gasteiger partial charge in [-0.15, -0.1) is 0 Å². The molecule has 0 amide bonds. The standard InChI is InChI=1S/C11H17BO5/c1-9(2)10(3)4-5-11(9,8(13)14)7-6(10)16-12(15)17-7/h6-7,15H,4-5H2,1-3H3,(H,13,14). The predicted octanol–water partition coefficient (Wildman–Crippen LogP) is 0.658. The molecular formula is C11H17BO5. The molecule has 2 saturated carbocycles. The molecule has 6 heteroatoms. The second-order valence-electron chi connectivity index (χ2n) is 6.24. The topological polar surface area (TPSA) is 76.0 Å². The van der Waals surface area contributed by atoms with Gasteiger partial charge in [0.1, 0.15) is 5.41 Å². The molecule has 0 spiro atoms. The Morgan fingerprint density at radius 2 is 1.82 bits per heavy atom. The van der Waals surface area contributed by atoms with Crippen molar-refractivity contribution in [2.45, 2.75) is 45.8 Å². The Hall–Kier alpha value is -0.585. The molecule has 1 saturated heterocycles. The summed E-state index contributed by atoms with van der Waals surface area (Å²) in [5.41, 5.74) is -1.60. The largest absolute Gasteiger partial charge is 0.637 e. The lowest BCUT2D eigenvalue weighted by atomic mass is 9.64. The van der Waals surface area contributed by atoms with Crippen molar-refractivity contribution in [2.75, 3.05) is 0 Å². The smallest absolute Gasteiger partial charge is 0.481 e. The van der Waals surface area contributed by atoms with Crippen LogP contribution >= 0.6 is 0 Å². The fourth-order valence-corrected chi connectivity index (χ4v) is 4.37. The Kier molecular flexibility index (Phi) is 1.94. The van der Waals surface area contributed by atoms with Crippen LogP contribution in [-0.4, -0.2) is 35.6 Å². The average Bonchev–Trinajstić information content (AvgIpc) is 2.72. The van der Waals surface area contributed by atoms with Crippen LogP contribution in [0.1, 0.15) is 33.6 Å². The van der Waals surface area contributed by atoms with E-state index in [0.717, 1.165) is 6.42 Å². The van der Waals surface area contributed by atoms with E-state index in [0.29, 0.717) is 6.42 Å². The summed E-state index contributed by atoms with van der Waals surface area (Å²) in [6.45, 7) is 6.00. The van der Waals surface area contributed by atoms with Gasteiger partial charge in [0.05, 0.1) is 12.2 Å². The lowest BCUT2D eigenvalue weighted by molar-refractivity contribution is -0.160. The molecule has 2 bridgehead atoms. The second kappa shape index (κ2) is 2.87. The highest BCUT2D eigenvalue weighted by molar-refractivity contribution is 6.35. The van der Waals surface area contributed by atoms with Crippen LogP contribution in [0.2, 0.25) is 0 Å². The number of aliphatic carboxylic acids is 1. The van der Waals surface area contributed by atoms with Crippen molar-refractivity contribution < 1.29 is 24.2 Å². The minimum absolute atomic E-state index is 0.256. The first-order valence-electron chi connectivity index (χ1n) is 6.00. The third-order valence-corrected chi connectivity index (χ3v) is 5.88. The number of hydrogen-bond acceptors (Lipinski definition) is 4. The van der Waals surface area contributed by atoms with Gasteiger partial charge in [0.2, 0.25) is 0 Å². The van der Waals surface area contributed by atoms with Gasteiger partial charge in [0.25, 0.3) is 0 Å². The number of rotatable bonds is 1.